The maximum Gasteiger partial charge on any atom is 0.231 e. The second-order valence-corrected chi connectivity index (χ2v) is 53.2. The van der Waals surface area contributed by atoms with Gasteiger partial charge in [-0.25, -0.2) is 5.01 Å². The standard InChI is InChI=1S/C75H161N5O6Si4/c1-26-30-34-38-42-46-52-67(83-87(18,19)72(6,7)8)62-78(63-68(53-47-43-39-35-31-27-2)84-88(20,21)73(9,10)11)58-50-57-76-71(82)56-61-80(77-66(5)81)60-51-59-79(64-69(54-48-44-40-36-32-28-3)85-89(22,23)74(12,13)14)65-70(55-49-45-41-37-33-29-4)86-90(24,25)75(15,16)17/h67-70H,26-65H2,1-25H3,(H,76,82)(H,77,81). The molecule has 0 aromatic heterocycles. The summed E-state index contributed by atoms with van der Waals surface area (Å²) in [5, 5.41) is 5.81. The quantitative estimate of drug-likeness (QED) is 0.0350. The molecule has 0 saturated heterocycles. The number of nitrogens with one attached hydrogen (secondary N) is 2. The van der Waals surface area contributed by atoms with Crippen molar-refractivity contribution in [3.63, 3.8) is 0 Å². The van der Waals surface area contributed by atoms with Crippen molar-refractivity contribution in [2.24, 2.45) is 0 Å². The molecule has 4 unspecified atom stereocenters. The fourth-order valence-electron chi connectivity index (χ4n) is 11.2. The van der Waals surface area contributed by atoms with Gasteiger partial charge in [0.15, 0.2) is 33.3 Å². The molecule has 4 atom stereocenters. The van der Waals surface area contributed by atoms with Crippen LogP contribution in [0.5, 0.6) is 0 Å². The van der Waals surface area contributed by atoms with E-state index in [0.717, 1.165) is 77.8 Å². The van der Waals surface area contributed by atoms with Crippen LogP contribution < -0.4 is 10.7 Å². The van der Waals surface area contributed by atoms with Gasteiger partial charge in [-0.15, -0.1) is 0 Å². The number of nitrogens with zero attached hydrogens (tertiary/aromatic N) is 3. The number of rotatable bonds is 56. The van der Waals surface area contributed by atoms with Crippen molar-refractivity contribution >= 4 is 45.1 Å². The molecule has 2 amide bonds. The van der Waals surface area contributed by atoms with Gasteiger partial charge in [-0.2, -0.15) is 0 Å². The van der Waals surface area contributed by atoms with Crippen LogP contribution in [0.3, 0.4) is 0 Å². The predicted molar refractivity (Wildman–Crippen MR) is 405 cm³/mol. The molecule has 0 bridgehead atoms. The Balaban J connectivity index is 6.84. The fourth-order valence-corrected chi connectivity index (χ4v) is 16.7. The zero-order chi connectivity index (χ0) is 68.7. The van der Waals surface area contributed by atoms with Crippen LogP contribution in [-0.2, 0) is 27.3 Å². The monoisotopic (exact) mass is 1340 g/mol. The van der Waals surface area contributed by atoms with E-state index < -0.39 is 33.3 Å². The van der Waals surface area contributed by atoms with Crippen molar-refractivity contribution in [2.75, 3.05) is 58.9 Å². The Hall–Kier alpha value is -0.472. The average molecular weight is 1340 g/mol. The molecule has 0 aliphatic heterocycles. The van der Waals surface area contributed by atoms with Gasteiger partial charge >= 0.3 is 0 Å². The molecule has 0 spiro atoms. The number of hydrogen-bond acceptors (Lipinski definition) is 9. The van der Waals surface area contributed by atoms with E-state index in [1.54, 1.807) is 6.92 Å². The maximum absolute atomic E-state index is 13.9. The van der Waals surface area contributed by atoms with Gasteiger partial charge in [0, 0.05) is 65.7 Å². The lowest BCUT2D eigenvalue weighted by atomic mass is 10.1. The molecule has 0 aliphatic carbocycles. The molecule has 0 aliphatic rings. The van der Waals surface area contributed by atoms with Gasteiger partial charge in [-0.05, 0) is 118 Å². The molecule has 15 heteroatoms. The lowest BCUT2D eigenvalue weighted by Gasteiger charge is -2.43. The molecule has 0 saturated carbocycles. The summed E-state index contributed by atoms with van der Waals surface area (Å²) in [7, 11) is -8.28. The van der Waals surface area contributed by atoms with Crippen LogP contribution >= 0.6 is 0 Å². The Morgan fingerprint density at radius 1 is 0.356 bits per heavy atom. The van der Waals surface area contributed by atoms with Gasteiger partial charge in [0.1, 0.15) is 0 Å². The Morgan fingerprint density at radius 3 is 0.867 bits per heavy atom. The molecular weight excluding hydrogens is 1180 g/mol. The summed E-state index contributed by atoms with van der Waals surface area (Å²) >= 11 is 0. The molecule has 0 heterocycles. The predicted octanol–water partition coefficient (Wildman–Crippen LogP) is 21.8. The van der Waals surface area contributed by atoms with E-state index >= 15 is 0 Å². The van der Waals surface area contributed by atoms with Crippen LogP contribution in [0.15, 0.2) is 0 Å². The van der Waals surface area contributed by atoms with E-state index in [2.05, 4.69) is 184 Å². The van der Waals surface area contributed by atoms with E-state index in [1.807, 2.05) is 5.01 Å². The molecule has 0 radical (unpaired) electrons. The smallest absolute Gasteiger partial charge is 0.231 e. The van der Waals surface area contributed by atoms with E-state index in [0.29, 0.717) is 26.1 Å². The lowest BCUT2D eigenvalue weighted by molar-refractivity contribution is -0.126. The third-order valence-corrected chi connectivity index (χ3v) is 39.4. The first-order valence-corrected chi connectivity index (χ1v) is 49.9. The maximum atomic E-state index is 13.9. The van der Waals surface area contributed by atoms with Crippen molar-refractivity contribution < 1.29 is 27.3 Å². The molecule has 11 nitrogen and oxygen atoms in total. The largest absolute Gasteiger partial charge is 0.413 e. The molecule has 90 heavy (non-hydrogen) atoms. The molecule has 538 valence electrons. The van der Waals surface area contributed by atoms with Crippen molar-refractivity contribution in [3.8, 4) is 0 Å². The average Bonchev–Trinajstić information content (AvgIpc) is 0.938. The third-order valence-electron chi connectivity index (χ3n) is 21.2. The summed E-state index contributed by atoms with van der Waals surface area (Å²) < 4.78 is 29.6. The van der Waals surface area contributed by atoms with Crippen molar-refractivity contribution in [2.45, 2.75) is 414 Å². The third kappa shape index (κ3) is 41.6. The summed E-state index contributed by atoms with van der Waals surface area (Å²) in [6, 6.07) is 0. The highest BCUT2D eigenvalue weighted by Gasteiger charge is 2.43. The highest BCUT2D eigenvalue weighted by Crippen LogP contribution is 2.42. The normalized spacial score (nSPS) is 14.9. The van der Waals surface area contributed by atoms with Crippen molar-refractivity contribution in [3.05, 3.63) is 0 Å². The summed E-state index contributed by atoms with van der Waals surface area (Å²) in [5.41, 5.74) is 3.14. The number of hydrogen-bond donors (Lipinski definition) is 2. The minimum Gasteiger partial charge on any atom is -0.413 e. The van der Waals surface area contributed by atoms with Gasteiger partial charge in [-0.3, -0.25) is 24.8 Å². The minimum absolute atomic E-state index is 0.0311. The van der Waals surface area contributed by atoms with Crippen LogP contribution in [-0.4, -0.2) is 143 Å². The zero-order valence-corrected chi connectivity index (χ0v) is 69.4. The van der Waals surface area contributed by atoms with E-state index in [9.17, 15) is 9.59 Å². The van der Waals surface area contributed by atoms with Crippen molar-refractivity contribution in [1.82, 2.24) is 25.6 Å². The lowest BCUT2D eigenvalue weighted by Crippen LogP contribution is -2.50. The van der Waals surface area contributed by atoms with Gasteiger partial charge < -0.3 is 23.0 Å². The first-order valence-electron chi connectivity index (χ1n) is 38.2. The second kappa shape index (κ2) is 46.7. The summed E-state index contributed by atoms with van der Waals surface area (Å²) in [5.74, 6) is -0.0702. The Kier molecular flexibility index (Phi) is 46.4. The Labute approximate surface area is 567 Å². The Bertz CT molecular complexity index is 1700. The highest BCUT2D eigenvalue weighted by molar-refractivity contribution is 6.75. The number of carbonyl (C=O) groups excluding carboxylic acids is 2. The number of carbonyl (C=O) groups is 2. The summed E-state index contributed by atoms with van der Waals surface area (Å²) in [6.45, 7) is 65.6. The van der Waals surface area contributed by atoms with Crippen molar-refractivity contribution in [1.29, 1.82) is 0 Å². The molecule has 0 aromatic carbocycles. The van der Waals surface area contributed by atoms with Crippen LogP contribution in [0.2, 0.25) is 72.5 Å². The SMILES string of the molecule is CCCCCCCCC(CN(CCCNC(=O)CCN(CCCN(CC(CCCCCCCC)O[Si](C)(C)C(C)(C)C)CC(CCCCCCCC)O[Si](C)(C)C(C)(C)C)NC(C)=O)CC(CCCCCCCC)O[Si](C)(C)C(C)(C)C)O[Si](C)(C)C(C)(C)C. The highest BCUT2D eigenvalue weighted by atomic mass is 28.4. The van der Waals surface area contributed by atoms with Gasteiger partial charge in [-0.1, -0.05) is 265 Å². The van der Waals surface area contributed by atoms with Crippen LogP contribution in [0.1, 0.15) is 317 Å². The number of unbranched alkanes of at least 4 members (excludes halogenated alkanes) is 20. The summed E-state index contributed by atoms with van der Waals surface area (Å²) in [4.78, 5) is 32.2. The Morgan fingerprint density at radius 2 is 0.611 bits per heavy atom. The zero-order valence-electron chi connectivity index (χ0n) is 65.4. The van der Waals surface area contributed by atoms with Gasteiger partial charge in [0.2, 0.25) is 11.8 Å². The minimum atomic E-state index is -2.08. The molecule has 0 fully saturated rings. The topological polar surface area (TPSA) is 105 Å². The second-order valence-electron chi connectivity index (χ2n) is 34.2. The first kappa shape index (κ1) is 89.5. The summed E-state index contributed by atoms with van der Waals surface area (Å²) in [6.07, 6.45) is 37.5. The number of amides is 2. The first-order chi connectivity index (χ1) is 41.8. The molecule has 2 N–H and O–H groups in total. The van der Waals surface area contributed by atoms with E-state index in [1.165, 1.54) is 154 Å². The van der Waals surface area contributed by atoms with Gasteiger partial charge in [0.25, 0.3) is 0 Å². The van der Waals surface area contributed by atoms with E-state index in [-0.39, 0.29) is 56.4 Å². The van der Waals surface area contributed by atoms with Gasteiger partial charge in [0.05, 0.1) is 24.4 Å². The van der Waals surface area contributed by atoms with Crippen LogP contribution in [0.25, 0.3) is 0 Å². The molecular formula is C75H161N5O6Si4. The molecule has 0 aromatic rings. The number of hydrazine groups is 1. The molecule has 0 rings (SSSR count). The van der Waals surface area contributed by atoms with Crippen LogP contribution in [0, 0.1) is 0 Å². The fraction of sp³-hybridized carbons (Fsp3) is 0.973. The van der Waals surface area contributed by atoms with Crippen LogP contribution in [0.4, 0.5) is 0 Å². The van der Waals surface area contributed by atoms with E-state index in [4.69, 9.17) is 17.7 Å².